The van der Waals surface area contributed by atoms with Gasteiger partial charge in [0.05, 0.1) is 6.04 Å². The van der Waals surface area contributed by atoms with Crippen molar-refractivity contribution in [2.45, 2.75) is 65.1 Å². The number of carbonyl (C=O) groups is 3. The molecule has 0 fully saturated rings. The molecule has 144 valence electrons. The largest absolute Gasteiger partial charge is 0.445 e. The highest BCUT2D eigenvalue weighted by molar-refractivity contribution is 5.87. The molecule has 6 heteroatoms. The Labute approximate surface area is 155 Å². The highest BCUT2D eigenvalue weighted by Crippen LogP contribution is 2.08. The van der Waals surface area contributed by atoms with Gasteiger partial charge in [-0.25, -0.2) is 4.79 Å². The summed E-state index contributed by atoms with van der Waals surface area (Å²) in [6.07, 6.45) is 2.95. The SMILES string of the molecule is CCCC[C@@H](C=O)NC(=O)C(CC(C)C)NC(=O)OCc1ccccc1. The zero-order valence-electron chi connectivity index (χ0n) is 15.9. The molecule has 0 saturated carbocycles. The number of carbonyl (C=O) groups excluding carboxylic acids is 3. The molecular weight excluding hydrogens is 332 g/mol. The molecule has 0 aromatic heterocycles. The lowest BCUT2D eigenvalue weighted by atomic mass is 10.0. The van der Waals surface area contributed by atoms with Gasteiger partial charge >= 0.3 is 6.09 Å². The number of benzene rings is 1. The van der Waals surface area contributed by atoms with E-state index in [1.165, 1.54) is 0 Å². The van der Waals surface area contributed by atoms with Crippen LogP contribution in [0.5, 0.6) is 0 Å². The average molecular weight is 362 g/mol. The van der Waals surface area contributed by atoms with E-state index in [1.54, 1.807) is 0 Å². The Hall–Kier alpha value is -2.37. The van der Waals surface area contributed by atoms with Crippen LogP contribution < -0.4 is 10.6 Å². The molecule has 0 heterocycles. The summed E-state index contributed by atoms with van der Waals surface area (Å²) in [6.45, 7) is 6.09. The molecule has 2 atom stereocenters. The molecule has 0 aliphatic rings. The van der Waals surface area contributed by atoms with Gasteiger partial charge in [-0.3, -0.25) is 4.79 Å². The number of hydrogen-bond acceptors (Lipinski definition) is 4. The topological polar surface area (TPSA) is 84.5 Å². The van der Waals surface area contributed by atoms with Crippen molar-refractivity contribution < 1.29 is 19.1 Å². The van der Waals surface area contributed by atoms with Gasteiger partial charge < -0.3 is 20.2 Å². The van der Waals surface area contributed by atoms with Crippen LogP contribution in [0.3, 0.4) is 0 Å². The van der Waals surface area contributed by atoms with Gasteiger partial charge in [0.25, 0.3) is 0 Å². The number of aldehydes is 1. The quantitative estimate of drug-likeness (QED) is 0.592. The van der Waals surface area contributed by atoms with Crippen LogP contribution in [0.2, 0.25) is 0 Å². The van der Waals surface area contributed by atoms with Crippen molar-refractivity contribution in [1.82, 2.24) is 10.6 Å². The lowest BCUT2D eigenvalue weighted by Gasteiger charge is -2.22. The van der Waals surface area contributed by atoms with Crippen LogP contribution in [0.1, 0.15) is 52.0 Å². The Morgan fingerprint density at radius 3 is 2.42 bits per heavy atom. The van der Waals surface area contributed by atoms with Gasteiger partial charge in [-0.1, -0.05) is 63.9 Å². The maximum absolute atomic E-state index is 12.5. The van der Waals surface area contributed by atoms with Gasteiger partial charge in [-0.05, 0) is 24.3 Å². The molecule has 1 aromatic carbocycles. The minimum atomic E-state index is -0.734. The maximum atomic E-state index is 12.5. The molecule has 2 N–H and O–H groups in total. The number of amides is 2. The van der Waals surface area contributed by atoms with E-state index >= 15 is 0 Å². The second-order valence-corrected chi connectivity index (χ2v) is 6.78. The second kappa shape index (κ2) is 12.1. The Balaban J connectivity index is 2.59. The smallest absolute Gasteiger partial charge is 0.408 e. The van der Waals surface area contributed by atoms with Gasteiger partial charge in [0.1, 0.15) is 18.9 Å². The third-order valence-electron chi connectivity index (χ3n) is 3.89. The molecule has 0 radical (unpaired) electrons. The van der Waals surface area contributed by atoms with Crippen LogP contribution in [0, 0.1) is 5.92 Å². The predicted molar refractivity (Wildman–Crippen MR) is 101 cm³/mol. The summed E-state index contributed by atoms with van der Waals surface area (Å²) in [5.41, 5.74) is 0.869. The average Bonchev–Trinajstić information content (AvgIpc) is 2.63. The minimum absolute atomic E-state index is 0.135. The summed E-state index contributed by atoms with van der Waals surface area (Å²) in [5, 5.41) is 5.32. The van der Waals surface area contributed by atoms with Crippen molar-refractivity contribution in [3.63, 3.8) is 0 Å². The zero-order valence-corrected chi connectivity index (χ0v) is 15.9. The van der Waals surface area contributed by atoms with E-state index in [0.29, 0.717) is 12.8 Å². The summed E-state index contributed by atoms with van der Waals surface area (Å²) in [6, 6.07) is 8.06. The molecule has 0 aliphatic heterocycles. The van der Waals surface area contributed by atoms with E-state index in [1.807, 2.05) is 51.1 Å². The fourth-order valence-corrected chi connectivity index (χ4v) is 2.49. The Morgan fingerprint density at radius 2 is 1.85 bits per heavy atom. The zero-order chi connectivity index (χ0) is 19.4. The lowest BCUT2D eigenvalue weighted by Crippen LogP contribution is -2.50. The van der Waals surface area contributed by atoms with Crippen LogP contribution in [0.4, 0.5) is 4.79 Å². The van der Waals surface area contributed by atoms with Crippen molar-refractivity contribution in [3.05, 3.63) is 35.9 Å². The molecule has 1 unspecified atom stereocenters. The molecule has 0 spiro atoms. The normalized spacial score (nSPS) is 12.9. The number of hydrogen-bond donors (Lipinski definition) is 2. The van der Waals surface area contributed by atoms with Crippen molar-refractivity contribution >= 4 is 18.3 Å². The van der Waals surface area contributed by atoms with Gasteiger partial charge in [-0.2, -0.15) is 0 Å². The van der Waals surface area contributed by atoms with Gasteiger partial charge in [0.15, 0.2) is 0 Å². The molecular formula is C20H30N2O4. The van der Waals surface area contributed by atoms with E-state index in [0.717, 1.165) is 24.7 Å². The number of alkyl carbamates (subject to hydrolysis) is 1. The Bertz CT molecular complexity index is 560. The first-order valence-corrected chi connectivity index (χ1v) is 9.19. The van der Waals surface area contributed by atoms with Gasteiger partial charge in [-0.15, -0.1) is 0 Å². The van der Waals surface area contributed by atoms with Crippen molar-refractivity contribution in [3.8, 4) is 0 Å². The van der Waals surface area contributed by atoms with E-state index in [9.17, 15) is 14.4 Å². The molecule has 1 rings (SSSR count). The van der Waals surface area contributed by atoms with E-state index < -0.39 is 18.2 Å². The molecule has 1 aromatic rings. The second-order valence-electron chi connectivity index (χ2n) is 6.78. The summed E-state index contributed by atoms with van der Waals surface area (Å²) in [5.74, 6) is -0.158. The molecule has 0 saturated heterocycles. The van der Waals surface area contributed by atoms with Crippen molar-refractivity contribution in [1.29, 1.82) is 0 Å². The number of ether oxygens (including phenoxy) is 1. The third-order valence-corrected chi connectivity index (χ3v) is 3.89. The van der Waals surface area contributed by atoms with Crippen LogP contribution in [-0.2, 0) is 20.9 Å². The van der Waals surface area contributed by atoms with E-state index in [-0.39, 0.29) is 18.4 Å². The molecule has 2 amide bonds. The summed E-state index contributed by atoms with van der Waals surface area (Å²) < 4.78 is 5.19. The van der Waals surface area contributed by atoms with Gasteiger partial charge in [0, 0.05) is 0 Å². The van der Waals surface area contributed by atoms with Crippen LogP contribution in [0.15, 0.2) is 30.3 Å². The highest BCUT2D eigenvalue weighted by atomic mass is 16.5. The monoisotopic (exact) mass is 362 g/mol. The first-order chi connectivity index (χ1) is 12.5. The number of unbranched alkanes of at least 4 members (excludes halogenated alkanes) is 1. The third kappa shape index (κ3) is 8.65. The molecule has 0 aliphatic carbocycles. The van der Waals surface area contributed by atoms with Crippen LogP contribution in [-0.4, -0.2) is 30.4 Å². The predicted octanol–water partition coefficient (Wildman–Crippen LogP) is 3.20. The van der Waals surface area contributed by atoms with E-state index in [4.69, 9.17) is 4.74 Å². The van der Waals surface area contributed by atoms with E-state index in [2.05, 4.69) is 10.6 Å². The first kappa shape index (κ1) is 21.7. The Kier molecular flexibility index (Phi) is 10.1. The molecule has 26 heavy (non-hydrogen) atoms. The van der Waals surface area contributed by atoms with Crippen LogP contribution in [0.25, 0.3) is 0 Å². The summed E-state index contributed by atoms with van der Waals surface area (Å²) in [4.78, 5) is 35.7. The van der Waals surface area contributed by atoms with Crippen molar-refractivity contribution in [2.24, 2.45) is 5.92 Å². The fraction of sp³-hybridized carbons (Fsp3) is 0.550. The minimum Gasteiger partial charge on any atom is -0.445 e. The Morgan fingerprint density at radius 1 is 1.15 bits per heavy atom. The summed E-state index contributed by atoms with van der Waals surface area (Å²) >= 11 is 0. The first-order valence-electron chi connectivity index (χ1n) is 9.19. The van der Waals surface area contributed by atoms with Crippen molar-refractivity contribution in [2.75, 3.05) is 0 Å². The fourth-order valence-electron chi connectivity index (χ4n) is 2.49. The van der Waals surface area contributed by atoms with Crippen LogP contribution >= 0.6 is 0 Å². The van der Waals surface area contributed by atoms with Gasteiger partial charge in [0.2, 0.25) is 5.91 Å². The number of rotatable bonds is 11. The maximum Gasteiger partial charge on any atom is 0.408 e. The summed E-state index contributed by atoms with van der Waals surface area (Å²) in [7, 11) is 0. The standard InChI is InChI=1S/C20H30N2O4/c1-4-5-11-17(13-23)21-19(24)18(12-15(2)3)22-20(25)26-14-16-9-7-6-8-10-16/h6-10,13,15,17-18H,4-5,11-12,14H2,1-3H3,(H,21,24)(H,22,25)/t17-,18?/m0/s1. The highest BCUT2D eigenvalue weighted by Gasteiger charge is 2.24. The lowest BCUT2D eigenvalue weighted by molar-refractivity contribution is -0.126. The molecule has 6 nitrogen and oxygen atoms in total. The molecule has 0 bridgehead atoms. The number of nitrogens with one attached hydrogen (secondary N) is 2.